The molecule has 1 atom stereocenters. The number of aryl methyl sites for hydroxylation is 1. The average Bonchev–Trinajstić information content (AvgIpc) is 2.56. The number of methoxy groups -OCH3 is 1. The average molecular weight is 307 g/mol. The Morgan fingerprint density at radius 2 is 1.95 bits per heavy atom. The van der Waals surface area contributed by atoms with E-state index in [0.717, 1.165) is 25.3 Å². The van der Waals surface area contributed by atoms with Gasteiger partial charge >= 0.3 is 0 Å². The summed E-state index contributed by atoms with van der Waals surface area (Å²) in [5.74, 6) is 0.816. The maximum absolute atomic E-state index is 5.41. The third-order valence-corrected chi connectivity index (χ3v) is 3.29. The Bertz CT molecular complexity index is 410. The summed E-state index contributed by atoms with van der Waals surface area (Å²) in [6.07, 6.45) is 2.13. The van der Waals surface area contributed by atoms with Crippen molar-refractivity contribution < 1.29 is 9.47 Å². The molecule has 5 nitrogen and oxygen atoms in total. The number of aliphatic imine (C=N–C) groups is 1. The van der Waals surface area contributed by atoms with E-state index in [1.165, 1.54) is 5.56 Å². The molecule has 1 aromatic rings. The predicted molar refractivity (Wildman–Crippen MR) is 91.4 cm³/mol. The summed E-state index contributed by atoms with van der Waals surface area (Å²) in [5.41, 5.74) is 1.37. The Kier molecular flexibility index (Phi) is 10.1. The summed E-state index contributed by atoms with van der Waals surface area (Å²) in [5, 5.41) is 6.65. The number of benzene rings is 1. The van der Waals surface area contributed by atoms with E-state index in [2.05, 4.69) is 46.8 Å². The largest absolute Gasteiger partial charge is 0.382 e. The summed E-state index contributed by atoms with van der Waals surface area (Å²) < 4.78 is 10.3. The van der Waals surface area contributed by atoms with Crippen LogP contribution in [0.15, 0.2) is 35.3 Å². The van der Waals surface area contributed by atoms with Crippen LogP contribution < -0.4 is 10.6 Å². The van der Waals surface area contributed by atoms with Gasteiger partial charge in [-0.05, 0) is 25.3 Å². The third-order valence-electron chi connectivity index (χ3n) is 3.29. The van der Waals surface area contributed by atoms with Gasteiger partial charge in [0, 0.05) is 26.7 Å². The maximum atomic E-state index is 5.41. The van der Waals surface area contributed by atoms with Gasteiger partial charge in [-0.25, -0.2) is 0 Å². The summed E-state index contributed by atoms with van der Waals surface area (Å²) in [6, 6.07) is 10.9. The highest BCUT2D eigenvalue weighted by molar-refractivity contribution is 5.79. The molecule has 0 aromatic heterocycles. The van der Waals surface area contributed by atoms with E-state index in [4.69, 9.17) is 9.47 Å². The molecule has 0 spiro atoms. The van der Waals surface area contributed by atoms with Crippen LogP contribution in [0.3, 0.4) is 0 Å². The first-order chi connectivity index (χ1) is 10.8. The van der Waals surface area contributed by atoms with Crippen LogP contribution in [0.2, 0.25) is 0 Å². The van der Waals surface area contributed by atoms with E-state index in [1.807, 2.05) is 6.07 Å². The fraction of sp³-hybridized carbons (Fsp3) is 0.588. The van der Waals surface area contributed by atoms with Crippen LogP contribution in [-0.2, 0) is 15.9 Å². The molecule has 0 fully saturated rings. The number of hydrogen-bond donors (Lipinski definition) is 2. The molecule has 124 valence electrons. The van der Waals surface area contributed by atoms with Gasteiger partial charge in [0.25, 0.3) is 0 Å². The van der Waals surface area contributed by atoms with Gasteiger partial charge in [0.05, 0.1) is 19.8 Å². The molecule has 0 saturated heterocycles. The van der Waals surface area contributed by atoms with Crippen molar-refractivity contribution in [3.05, 3.63) is 35.9 Å². The predicted octanol–water partition coefficient (Wildman–Crippen LogP) is 1.84. The molecule has 22 heavy (non-hydrogen) atoms. The van der Waals surface area contributed by atoms with E-state index in [1.54, 1.807) is 14.2 Å². The summed E-state index contributed by atoms with van der Waals surface area (Å²) in [4.78, 5) is 4.23. The Hall–Kier alpha value is -1.59. The lowest BCUT2D eigenvalue weighted by molar-refractivity contribution is 0.0733. The Morgan fingerprint density at radius 1 is 1.18 bits per heavy atom. The molecule has 0 aliphatic rings. The Morgan fingerprint density at radius 3 is 2.64 bits per heavy atom. The van der Waals surface area contributed by atoms with Crippen molar-refractivity contribution in [3.8, 4) is 0 Å². The van der Waals surface area contributed by atoms with E-state index < -0.39 is 0 Å². The minimum atomic E-state index is 0.362. The topological polar surface area (TPSA) is 54.9 Å². The second kappa shape index (κ2) is 12.0. The summed E-state index contributed by atoms with van der Waals surface area (Å²) in [6.45, 7) is 4.79. The fourth-order valence-electron chi connectivity index (χ4n) is 2.01. The molecule has 1 unspecified atom stereocenters. The zero-order chi connectivity index (χ0) is 16.0. The normalized spacial score (nSPS) is 13.0. The first-order valence-corrected chi connectivity index (χ1v) is 7.84. The molecule has 1 rings (SSSR count). The van der Waals surface area contributed by atoms with Crippen LogP contribution in [-0.4, -0.2) is 52.5 Å². The molecule has 5 heteroatoms. The molecule has 0 radical (unpaired) electrons. The lowest BCUT2D eigenvalue weighted by atomic mass is 10.1. The molecule has 0 aliphatic heterocycles. The zero-order valence-electron chi connectivity index (χ0n) is 14.0. The standard InChI is InChI=1S/C17H29N3O2/c1-15(9-10-16-7-5-4-6-8-16)20-17(18-2)19-11-12-22-14-13-21-3/h4-8,15H,9-14H2,1-3H3,(H2,18,19,20). The lowest BCUT2D eigenvalue weighted by Gasteiger charge is -2.18. The fourth-order valence-corrected chi connectivity index (χ4v) is 2.01. The van der Waals surface area contributed by atoms with Gasteiger partial charge in [0.2, 0.25) is 0 Å². The van der Waals surface area contributed by atoms with Crippen molar-refractivity contribution in [2.75, 3.05) is 40.5 Å². The number of ether oxygens (including phenoxy) is 2. The molecule has 1 aromatic carbocycles. The molecular weight excluding hydrogens is 278 g/mol. The molecular formula is C17H29N3O2. The minimum absolute atomic E-state index is 0.362. The molecule has 2 N–H and O–H groups in total. The quantitative estimate of drug-likeness (QED) is 0.393. The minimum Gasteiger partial charge on any atom is -0.382 e. The first-order valence-electron chi connectivity index (χ1n) is 7.84. The number of hydrogen-bond acceptors (Lipinski definition) is 3. The highest BCUT2D eigenvalue weighted by Crippen LogP contribution is 2.04. The van der Waals surface area contributed by atoms with Gasteiger partial charge in [-0.15, -0.1) is 0 Å². The van der Waals surface area contributed by atoms with Crippen molar-refractivity contribution in [1.29, 1.82) is 0 Å². The van der Waals surface area contributed by atoms with Crippen molar-refractivity contribution in [1.82, 2.24) is 10.6 Å². The number of guanidine groups is 1. The molecule has 0 aliphatic carbocycles. The van der Waals surface area contributed by atoms with Crippen LogP contribution in [0.25, 0.3) is 0 Å². The molecule has 0 amide bonds. The van der Waals surface area contributed by atoms with Crippen molar-refractivity contribution >= 4 is 5.96 Å². The van der Waals surface area contributed by atoms with Gasteiger partial charge in [-0.1, -0.05) is 30.3 Å². The third kappa shape index (κ3) is 8.64. The smallest absolute Gasteiger partial charge is 0.191 e. The lowest BCUT2D eigenvalue weighted by Crippen LogP contribution is -2.43. The van der Waals surface area contributed by atoms with Gasteiger partial charge in [-0.3, -0.25) is 4.99 Å². The van der Waals surface area contributed by atoms with Crippen LogP contribution in [0.5, 0.6) is 0 Å². The molecule has 0 bridgehead atoms. The second-order valence-electron chi connectivity index (χ2n) is 5.17. The second-order valence-corrected chi connectivity index (χ2v) is 5.17. The zero-order valence-corrected chi connectivity index (χ0v) is 14.0. The highest BCUT2D eigenvalue weighted by Gasteiger charge is 2.05. The summed E-state index contributed by atoms with van der Waals surface area (Å²) >= 11 is 0. The van der Waals surface area contributed by atoms with E-state index in [-0.39, 0.29) is 0 Å². The van der Waals surface area contributed by atoms with Gasteiger partial charge in [-0.2, -0.15) is 0 Å². The van der Waals surface area contributed by atoms with Crippen LogP contribution in [0.4, 0.5) is 0 Å². The Labute approximate surface area is 134 Å². The monoisotopic (exact) mass is 307 g/mol. The first kappa shape index (κ1) is 18.5. The van der Waals surface area contributed by atoms with Crippen molar-refractivity contribution in [2.45, 2.75) is 25.8 Å². The number of nitrogens with zero attached hydrogens (tertiary/aromatic N) is 1. The molecule has 0 heterocycles. The van der Waals surface area contributed by atoms with E-state index in [0.29, 0.717) is 25.9 Å². The van der Waals surface area contributed by atoms with Gasteiger partial charge < -0.3 is 20.1 Å². The Balaban J connectivity index is 2.16. The highest BCUT2D eigenvalue weighted by atomic mass is 16.5. The summed E-state index contributed by atoms with van der Waals surface area (Å²) in [7, 11) is 3.45. The number of nitrogens with one attached hydrogen (secondary N) is 2. The SMILES string of the molecule is CN=C(NCCOCCOC)NC(C)CCc1ccccc1. The van der Waals surface area contributed by atoms with Crippen LogP contribution >= 0.6 is 0 Å². The van der Waals surface area contributed by atoms with Crippen LogP contribution in [0, 0.1) is 0 Å². The van der Waals surface area contributed by atoms with Gasteiger partial charge in [0.1, 0.15) is 0 Å². The van der Waals surface area contributed by atoms with E-state index >= 15 is 0 Å². The molecule has 0 saturated carbocycles. The number of rotatable bonds is 10. The van der Waals surface area contributed by atoms with E-state index in [9.17, 15) is 0 Å². The maximum Gasteiger partial charge on any atom is 0.191 e. The van der Waals surface area contributed by atoms with Crippen molar-refractivity contribution in [3.63, 3.8) is 0 Å². The van der Waals surface area contributed by atoms with Crippen LogP contribution in [0.1, 0.15) is 18.9 Å². The van der Waals surface area contributed by atoms with Gasteiger partial charge in [0.15, 0.2) is 5.96 Å². The van der Waals surface area contributed by atoms with Crippen molar-refractivity contribution in [2.24, 2.45) is 4.99 Å².